The Morgan fingerprint density at radius 2 is 1.70 bits per heavy atom. The molecule has 1 saturated heterocycles. The summed E-state index contributed by atoms with van der Waals surface area (Å²) in [5.41, 5.74) is 0.995. The smallest absolute Gasteiger partial charge is 0.272 e. The predicted molar refractivity (Wildman–Crippen MR) is 107 cm³/mol. The van der Waals surface area contributed by atoms with Crippen LogP contribution >= 0.6 is 0 Å². The molecule has 1 aromatic rings. The van der Waals surface area contributed by atoms with Crippen LogP contribution in [0, 0.1) is 17.7 Å². The first-order valence-electron chi connectivity index (χ1n) is 10.8. The molecule has 2 fully saturated rings. The van der Waals surface area contributed by atoms with Crippen LogP contribution in [-0.4, -0.2) is 21.8 Å². The zero-order valence-corrected chi connectivity index (χ0v) is 17.6. The predicted octanol–water partition coefficient (Wildman–Crippen LogP) is 6.79. The minimum absolute atomic E-state index is 0.0688. The van der Waals surface area contributed by atoms with Gasteiger partial charge in [-0.3, -0.25) is 0 Å². The standard InChI is InChI=1S/C22H33F3OSi/c1-2-11-27-12-9-18(10-13-27)16-3-5-17(6-4-16)19-7-8-21(20(23)14-19)26-15-22(24)25/h7-8,14,16-18,22,27H,2-6,9-13,15H2,1H3/t16-,17-,18-,27-. The second-order valence-corrected chi connectivity index (χ2v) is 12.0. The van der Waals surface area contributed by atoms with Gasteiger partial charge >= 0.3 is 0 Å². The number of halogens is 3. The average Bonchev–Trinajstić information content (AvgIpc) is 2.68. The summed E-state index contributed by atoms with van der Waals surface area (Å²) in [6.45, 7) is 1.56. The lowest BCUT2D eigenvalue weighted by atomic mass is 9.72. The second-order valence-electron chi connectivity index (χ2n) is 8.57. The topological polar surface area (TPSA) is 9.23 Å². The Kier molecular flexibility index (Phi) is 7.68. The lowest BCUT2D eigenvalue weighted by molar-refractivity contribution is 0.0799. The number of benzene rings is 1. The zero-order chi connectivity index (χ0) is 19.2. The molecule has 0 aromatic heterocycles. The quantitative estimate of drug-likeness (QED) is 0.459. The lowest BCUT2D eigenvalue weighted by Gasteiger charge is -2.37. The highest BCUT2D eigenvalue weighted by atomic mass is 28.3. The SMILES string of the molecule is CCC[Si@H]1CC[C@H]([C@H]2CC[C@H](c3ccc(OCC(F)F)c(F)c3)CC2)CC1. The zero-order valence-electron chi connectivity index (χ0n) is 16.4. The van der Waals surface area contributed by atoms with Gasteiger partial charge in [-0.15, -0.1) is 0 Å². The minimum atomic E-state index is -2.58. The van der Waals surface area contributed by atoms with Crippen molar-refractivity contribution in [1.82, 2.24) is 0 Å². The number of rotatable bonds is 7. The van der Waals surface area contributed by atoms with E-state index in [4.69, 9.17) is 4.74 Å². The molecule has 0 spiro atoms. The molecule has 1 saturated carbocycles. The maximum absolute atomic E-state index is 14.2. The van der Waals surface area contributed by atoms with Crippen LogP contribution < -0.4 is 4.74 Å². The van der Waals surface area contributed by atoms with Crippen LogP contribution in [0.1, 0.15) is 63.4 Å². The molecule has 1 aromatic carbocycles. The van der Waals surface area contributed by atoms with Gasteiger partial charge in [-0.25, -0.2) is 13.2 Å². The van der Waals surface area contributed by atoms with Gasteiger partial charge in [0.1, 0.15) is 6.61 Å². The molecule has 0 N–H and O–H groups in total. The molecule has 1 aliphatic heterocycles. The summed E-state index contributed by atoms with van der Waals surface area (Å²) in [5.74, 6) is 1.59. The highest BCUT2D eigenvalue weighted by Crippen LogP contribution is 2.44. The van der Waals surface area contributed by atoms with Gasteiger partial charge in [-0.05, 0) is 61.1 Å². The van der Waals surface area contributed by atoms with Gasteiger partial charge in [0, 0.05) is 8.80 Å². The summed E-state index contributed by atoms with van der Waals surface area (Å²) in [6.07, 6.45) is 6.44. The first-order valence-corrected chi connectivity index (χ1v) is 13.2. The first kappa shape index (κ1) is 20.8. The summed E-state index contributed by atoms with van der Waals surface area (Å²) in [7, 11) is -0.404. The molecule has 0 unspecified atom stereocenters. The molecular weight excluding hydrogens is 365 g/mol. The number of hydrogen-bond acceptors (Lipinski definition) is 1. The van der Waals surface area contributed by atoms with Crippen molar-refractivity contribution >= 4 is 8.80 Å². The normalized spacial score (nSPS) is 29.1. The Morgan fingerprint density at radius 1 is 1.04 bits per heavy atom. The van der Waals surface area contributed by atoms with Crippen molar-refractivity contribution < 1.29 is 17.9 Å². The number of alkyl halides is 2. The molecular formula is C22H33F3OSi. The molecule has 2 aliphatic rings. The Morgan fingerprint density at radius 3 is 2.30 bits per heavy atom. The van der Waals surface area contributed by atoms with Crippen molar-refractivity contribution in [3.63, 3.8) is 0 Å². The van der Waals surface area contributed by atoms with E-state index in [1.807, 2.05) is 6.07 Å². The Balaban J connectivity index is 1.48. The van der Waals surface area contributed by atoms with Gasteiger partial charge in [0.15, 0.2) is 11.6 Å². The summed E-state index contributed by atoms with van der Waals surface area (Å²) >= 11 is 0. The third-order valence-electron chi connectivity index (χ3n) is 6.82. The van der Waals surface area contributed by atoms with Crippen LogP contribution in [0.4, 0.5) is 13.2 Å². The second kappa shape index (κ2) is 9.99. The lowest BCUT2D eigenvalue weighted by Crippen LogP contribution is -2.28. The van der Waals surface area contributed by atoms with Crippen LogP contribution in [0.2, 0.25) is 18.1 Å². The molecule has 0 amide bonds. The highest BCUT2D eigenvalue weighted by molar-refractivity contribution is 6.58. The van der Waals surface area contributed by atoms with Gasteiger partial charge in [-0.2, -0.15) is 0 Å². The van der Waals surface area contributed by atoms with Gasteiger partial charge in [0.05, 0.1) is 0 Å². The molecule has 3 rings (SSSR count). The fourth-order valence-corrected chi connectivity index (χ4v) is 8.80. The average molecular weight is 399 g/mol. The molecule has 1 aliphatic carbocycles. The van der Waals surface area contributed by atoms with Crippen LogP contribution in [-0.2, 0) is 0 Å². The fourth-order valence-electron chi connectivity index (χ4n) is 5.32. The molecule has 0 radical (unpaired) electrons. The number of ether oxygens (including phenoxy) is 1. The Hall–Kier alpha value is -0.973. The van der Waals surface area contributed by atoms with E-state index in [0.29, 0.717) is 5.92 Å². The van der Waals surface area contributed by atoms with Crippen molar-refractivity contribution in [3.05, 3.63) is 29.6 Å². The van der Waals surface area contributed by atoms with E-state index in [1.54, 1.807) is 12.1 Å². The number of hydrogen-bond donors (Lipinski definition) is 0. The van der Waals surface area contributed by atoms with Crippen molar-refractivity contribution in [2.75, 3.05) is 6.61 Å². The molecule has 1 heterocycles. The van der Waals surface area contributed by atoms with Gasteiger partial charge in [0.2, 0.25) is 0 Å². The molecule has 152 valence electrons. The first-order chi connectivity index (χ1) is 13.1. The summed E-state index contributed by atoms with van der Waals surface area (Å²) in [6, 6.07) is 9.48. The molecule has 1 nitrogen and oxygen atoms in total. The van der Waals surface area contributed by atoms with Crippen LogP contribution in [0.5, 0.6) is 5.75 Å². The fraction of sp³-hybridized carbons (Fsp3) is 0.727. The van der Waals surface area contributed by atoms with E-state index in [0.717, 1.165) is 30.2 Å². The third kappa shape index (κ3) is 5.75. The van der Waals surface area contributed by atoms with Gasteiger partial charge < -0.3 is 4.74 Å². The van der Waals surface area contributed by atoms with Crippen molar-refractivity contribution in [3.8, 4) is 5.75 Å². The summed E-state index contributed by atoms with van der Waals surface area (Å²) in [5, 5.41) is 0. The van der Waals surface area contributed by atoms with Crippen LogP contribution in [0.15, 0.2) is 18.2 Å². The maximum atomic E-state index is 14.2. The van der Waals surface area contributed by atoms with Crippen molar-refractivity contribution in [1.29, 1.82) is 0 Å². The van der Waals surface area contributed by atoms with E-state index >= 15 is 0 Å². The summed E-state index contributed by atoms with van der Waals surface area (Å²) < 4.78 is 43.5. The maximum Gasteiger partial charge on any atom is 0.272 e. The molecule has 0 bridgehead atoms. The Bertz CT molecular complexity index is 579. The largest absolute Gasteiger partial charge is 0.485 e. The van der Waals surface area contributed by atoms with Crippen molar-refractivity contribution in [2.45, 2.75) is 82.3 Å². The molecule has 27 heavy (non-hydrogen) atoms. The third-order valence-corrected chi connectivity index (χ3v) is 10.5. The van der Waals surface area contributed by atoms with Crippen LogP contribution in [0.3, 0.4) is 0 Å². The van der Waals surface area contributed by atoms with Gasteiger partial charge in [0.25, 0.3) is 6.43 Å². The molecule has 5 heteroatoms. The van der Waals surface area contributed by atoms with Gasteiger partial charge in [-0.1, -0.05) is 50.4 Å². The van der Waals surface area contributed by atoms with E-state index in [2.05, 4.69) is 6.92 Å². The monoisotopic (exact) mass is 398 g/mol. The van der Waals surface area contributed by atoms with E-state index in [-0.39, 0.29) is 5.75 Å². The van der Waals surface area contributed by atoms with E-state index in [9.17, 15) is 13.2 Å². The Labute approximate surface area is 163 Å². The highest BCUT2D eigenvalue weighted by Gasteiger charge is 2.31. The van der Waals surface area contributed by atoms with E-state index in [1.165, 1.54) is 50.3 Å². The summed E-state index contributed by atoms with van der Waals surface area (Å²) in [4.78, 5) is 0. The minimum Gasteiger partial charge on any atom is -0.485 e. The van der Waals surface area contributed by atoms with Crippen molar-refractivity contribution in [2.24, 2.45) is 11.8 Å². The molecule has 0 atom stereocenters. The van der Waals surface area contributed by atoms with Crippen LogP contribution in [0.25, 0.3) is 0 Å². The van der Waals surface area contributed by atoms with E-state index < -0.39 is 27.6 Å².